The van der Waals surface area contributed by atoms with Gasteiger partial charge < -0.3 is 25.2 Å². The molecule has 1 fully saturated rings. The largest absolute Gasteiger partial charge is 0.453 e. The fourth-order valence-corrected chi connectivity index (χ4v) is 3.61. The number of methoxy groups -OCH3 is 1. The summed E-state index contributed by atoms with van der Waals surface area (Å²) in [5, 5.41) is 6.67. The fourth-order valence-electron chi connectivity index (χ4n) is 3.61. The molecular formula is C24H38N6O2. The van der Waals surface area contributed by atoms with Crippen molar-refractivity contribution in [3.8, 4) is 0 Å². The Hall–Kier alpha value is -3.03. The van der Waals surface area contributed by atoms with Crippen LogP contribution in [0, 0.1) is 0 Å². The van der Waals surface area contributed by atoms with Crippen LogP contribution in [-0.2, 0) is 11.2 Å². The van der Waals surface area contributed by atoms with E-state index in [9.17, 15) is 4.79 Å². The number of rotatable bonds is 8. The molecule has 176 valence electrons. The quantitative estimate of drug-likeness (QED) is 0.632. The highest BCUT2D eigenvalue weighted by Crippen LogP contribution is 2.22. The van der Waals surface area contributed by atoms with Gasteiger partial charge in [0.25, 0.3) is 0 Å². The molecule has 1 amide bonds. The van der Waals surface area contributed by atoms with E-state index in [-0.39, 0.29) is 12.1 Å². The van der Waals surface area contributed by atoms with Crippen molar-refractivity contribution in [3.05, 3.63) is 42.1 Å². The van der Waals surface area contributed by atoms with Crippen molar-refractivity contribution in [2.45, 2.75) is 46.1 Å². The van der Waals surface area contributed by atoms with E-state index in [2.05, 4.69) is 70.3 Å². The molecule has 1 saturated heterocycles. The molecule has 1 aromatic carbocycles. The molecule has 8 heteroatoms. The van der Waals surface area contributed by atoms with Crippen LogP contribution in [-0.4, -0.2) is 67.3 Å². The number of benzene rings is 1. The minimum absolute atomic E-state index is 0.187. The second kappa shape index (κ2) is 13.4. The van der Waals surface area contributed by atoms with Gasteiger partial charge in [-0.2, -0.15) is 4.98 Å². The van der Waals surface area contributed by atoms with E-state index in [1.807, 2.05) is 19.3 Å². The lowest BCUT2D eigenvalue weighted by atomic mass is 10.1. The number of carbonyl (C=O) groups excluding carboxylic acids is 1. The lowest BCUT2D eigenvalue weighted by Gasteiger charge is -2.22. The van der Waals surface area contributed by atoms with Crippen LogP contribution in [0.4, 0.5) is 22.2 Å². The van der Waals surface area contributed by atoms with E-state index in [0.29, 0.717) is 0 Å². The smallest absolute Gasteiger partial charge is 0.409 e. The molecule has 0 spiro atoms. The summed E-state index contributed by atoms with van der Waals surface area (Å²) in [4.78, 5) is 23.7. The number of hydrogen-bond donors (Lipinski definition) is 2. The maximum absolute atomic E-state index is 10.7. The van der Waals surface area contributed by atoms with Gasteiger partial charge in [0.1, 0.15) is 0 Å². The first kappa shape index (κ1) is 25.2. The van der Waals surface area contributed by atoms with Crippen LogP contribution in [0.1, 0.15) is 39.2 Å². The van der Waals surface area contributed by atoms with E-state index in [1.54, 1.807) is 4.90 Å². The molecule has 3 rings (SSSR count). The highest BCUT2D eigenvalue weighted by atomic mass is 16.5. The summed E-state index contributed by atoms with van der Waals surface area (Å²) in [5.41, 5.74) is 2.23. The Morgan fingerprint density at radius 3 is 2.41 bits per heavy atom. The van der Waals surface area contributed by atoms with Crippen molar-refractivity contribution >= 4 is 23.5 Å². The fraction of sp³-hybridized carbons (Fsp3) is 0.542. The van der Waals surface area contributed by atoms with Crippen molar-refractivity contribution in [1.82, 2.24) is 14.9 Å². The minimum atomic E-state index is -0.187. The number of amides is 1. The predicted molar refractivity (Wildman–Crippen MR) is 132 cm³/mol. The van der Waals surface area contributed by atoms with Crippen molar-refractivity contribution in [1.29, 1.82) is 0 Å². The number of nitrogens with zero attached hydrogens (tertiary/aromatic N) is 4. The molecule has 1 atom stereocenters. The Labute approximate surface area is 192 Å². The Morgan fingerprint density at radius 1 is 1.19 bits per heavy atom. The first-order valence-electron chi connectivity index (χ1n) is 11.4. The third-order valence-corrected chi connectivity index (χ3v) is 5.40. The van der Waals surface area contributed by atoms with Gasteiger partial charge in [0.05, 0.1) is 19.0 Å². The Morgan fingerprint density at radius 2 is 1.84 bits per heavy atom. The van der Waals surface area contributed by atoms with Gasteiger partial charge in [0, 0.05) is 39.3 Å². The van der Waals surface area contributed by atoms with Crippen molar-refractivity contribution < 1.29 is 9.53 Å². The summed E-state index contributed by atoms with van der Waals surface area (Å²) in [6.45, 7) is 9.93. The van der Waals surface area contributed by atoms with Crippen LogP contribution in [0.25, 0.3) is 0 Å². The van der Waals surface area contributed by atoms with Crippen LogP contribution in [0.2, 0.25) is 0 Å². The average molecular weight is 443 g/mol. The Bertz CT molecular complexity index is 807. The van der Waals surface area contributed by atoms with Crippen LogP contribution < -0.4 is 15.5 Å². The predicted octanol–water partition coefficient (Wildman–Crippen LogP) is 4.26. The molecule has 8 nitrogen and oxygen atoms in total. The SMILES string of the molecule is CCN(CC)c1ncc(NC)c(N[C@H](C)Cc2ccccc2)n1.COC(=O)N1CCCC1. The molecule has 1 aromatic heterocycles. The summed E-state index contributed by atoms with van der Waals surface area (Å²) in [6, 6.07) is 10.8. The number of anilines is 3. The van der Waals surface area contributed by atoms with Gasteiger partial charge in [-0.15, -0.1) is 0 Å². The van der Waals surface area contributed by atoms with E-state index in [0.717, 1.165) is 62.9 Å². The molecular weight excluding hydrogens is 404 g/mol. The molecule has 1 aliphatic rings. The first-order chi connectivity index (χ1) is 15.5. The molecule has 2 heterocycles. The van der Waals surface area contributed by atoms with Crippen molar-refractivity contribution in [2.75, 3.05) is 55.9 Å². The molecule has 0 aliphatic carbocycles. The number of nitrogens with one attached hydrogen (secondary N) is 2. The molecule has 0 saturated carbocycles. The van der Waals surface area contributed by atoms with Crippen LogP contribution >= 0.6 is 0 Å². The van der Waals surface area contributed by atoms with Crippen LogP contribution in [0.3, 0.4) is 0 Å². The summed E-state index contributed by atoms with van der Waals surface area (Å²) < 4.78 is 4.52. The molecule has 32 heavy (non-hydrogen) atoms. The number of aromatic nitrogens is 2. The number of hydrogen-bond acceptors (Lipinski definition) is 7. The van der Waals surface area contributed by atoms with Crippen molar-refractivity contribution in [3.63, 3.8) is 0 Å². The monoisotopic (exact) mass is 442 g/mol. The highest BCUT2D eigenvalue weighted by Gasteiger charge is 2.17. The van der Waals surface area contributed by atoms with Gasteiger partial charge in [-0.1, -0.05) is 30.3 Å². The zero-order valence-electron chi connectivity index (χ0n) is 20.1. The van der Waals surface area contributed by atoms with Gasteiger partial charge in [-0.25, -0.2) is 9.78 Å². The number of ether oxygens (including phenoxy) is 1. The second-order valence-corrected chi connectivity index (χ2v) is 7.75. The number of likely N-dealkylation sites (tertiary alicyclic amines) is 1. The minimum Gasteiger partial charge on any atom is -0.453 e. The Kier molecular flexibility index (Phi) is 10.6. The topological polar surface area (TPSA) is 82.6 Å². The summed E-state index contributed by atoms with van der Waals surface area (Å²) >= 11 is 0. The van der Waals surface area contributed by atoms with E-state index >= 15 is 0 Å². The van der Waals surface area contributed by atoms with E-state index in [4.69, 9.17) is 4.98 Å². The molecule has 0 radical (unpaired) electrons. The van der Waals surface area contributed by atoms with E-state index in [1.165, 1.54) is 12.7 Å². The maximum Gasteiger partial charge on any atom is 0.409 e. The number of carbonyl (C=O) groups is 1. The molecule has 0 bridgehead atoms. The van der Waals surface area contributed by atoms with Gasteiger partial charge in [0.15, 0.2) is 5.82 Å². The summed E-state index contributed by atoms with van der Waals surface area (Å²) in [5.74, 6) is 1.62. The van der Waals surface area contributed by atoms with Gasteiger partial charge in [-0.05, 0) is 45.6 Å². The van der Waals surface area contributed by atoms with Gasteiger partial charge in [0.2, 0.25) is 5.95 Å². The third kappa shape index (κ3) is 7.59. The third-order valence-electron chi connectivity index (χ3n) is 5.40. The molecule has 2 N–H and O–H groups in total. The lowest BCUT2D eigenvalue weighted by molar-refractivity contribution is 0.133. The zero-order valence-corrected chi connectivity index (χ0v) is 20.1. The normalized spacial score (nSPS) is 13.6. The van der Waals surface area contributed by atoms with Crippen molar-refractivity contribution in [2.24, 2.45) is 0 Å². The maximum atomic E-state index is 10.7. The molecule has 0 unspecified atom stereocenters. The summed E-state index contributed by atoms with van der Waals surface area (Å²) in [6.07, 6.45) is 4.85. The van der Waals surface area contributed by atoms with E-state index < -0.39 is 0 Å². The second-order valence-electron chi connectivity index (χ2n) is 7.75. The standard InChI is InChI=1S/C18H27N5.C6H11NO2/c1-5-23(6-2)18-20-13-16(19-4)17(22-18)21-14(3)12-15-10-8-7-9-11-15;1-9-6(8)7-4-2-3-5-7/h7-11,13-14,19H,5-6,12H2,1-4H3,(H,20,21,22);2-5H2,1H3/t14-;/m1./s1. The van der Waals surface area contributed by atoms with Gasteiger partial charge in [-0.3, -0.25) is 0 Å². The Balaban J connectivity index is 0.000000336. The first-order valence-corrected chi connectivity index (χ1v) is 11.4. The van der Waals surface area contributed by atoms with Gasteiger partial charge >= 0.3 is 6.09 Å². The van der Waals surface area contributed by atoms with Crippen LogP contribution in [0.15, 0.2) is 36.5 Å². The molecule has 2 aromatic rings. The molecule has 1 aliphatic heterocycles. The average Bonchev–Trinajstić information content (AvgIpc) is 3.36. The van der Waals surface area contributed by atoms with Crippen LogP contribution in [0.5, 0.6) is 0 Å². The summed E-state index contributed by atoms with van der Waals surface area (Å²) in [7, 11) is 3.31. The lowest BCUT2D eigenvalue weighted by Crippen LogP contribution is -2.27. The zero-order chi connectivity index (χ0) is 23.3. The highest BCUT2D eigenvalue weighted by molar-refractivity contribution is 5.67.